The molecule has 0 aliphatic rings. The zero-order valence-electron chi connectivity index (χ0n) is 10.1. The number of methoxy groups -OCH3 is 1. The monoisotopic (exact) mass is 204 g/mol. The van der Waals surface area contributed by atoms with E-state index in [0.29, 0.717) is 19.4 Å². The van der Waals surface area contributed by atoms with Gasteiger partial charge in [-0.3, -0.25) is 0 Å². The zero-order valence-corrected chi connectivity index (χ0v) is 10.1. The van der Waals surface area contributed by atoms with Gasteiger partial charge in [-0.25, -0.2) is 4.39 Å². The summed E-state index contributed by atoms with van der Waals surface area (Å²) < 4.78 is 18.5. The van der Waals surface area contributed by atoms with E-state index in [9.17, 15) is 4.39 Å². The summed E-state index contributed by atoms with van der Waals surface area (Å²) in [5.41, 5.74) is 0.0280. The summed E-state index contributed by atoms with van der Waals surface area (Å²) in [6.07, 6.45) is 3.98. The molecule has 1 nitrogen and oxygen atoms in total. The SMILES string of the molecule is CCCCC(C)(COC)CC(F)CC. The Kier molecular flexibility index (Phi) is 7.16. The second kappa shape index (κ2) is 7.22. The number of hydrogen-bond acceptors (Lipinski definition) is 1. The van der Waals surface area contributed by atoms with E-state index in [-0.39, 0.29) is 5.41 Å². The van der Waals surface area contributed by atoms with Crippen LogP contribution in [0, 0.1) is 5.41 Å². The standard InChI is InChI=1S/C12H25FO/c1-5-7-8-12(3,10-14-4)9-11(13)6-2/h11H,5-10H2,1-4H3. The van der Waals surface area contributed by atoms with Crippen molar-refractivity contribution in [2.24, 2.45) is 5.41 Å². The third kappa shape index (κ3) is 5.58. The van der Waals surface area contributed by atoms with Gasteiger partial charge in [0.1, 0.15) is 6.17 Å². The highest BCUT2D eigenvalue weighted by atomic mass is 19.1. The van der Waals surface area contributed by atoms with E-state index in [0.717, 1.165) is 12.8 Å². The minimum absolute atomic E-state index is 0.0280. The molecule has 0 heterocycles. The van der Waals surface area contributed by atoms with E-state index in [1.165, 1.54) is 6.42 Å². The van der Waals surface area contributed by atoms with Crippen molar-refractivity contribution >= 4 is 0 Å². The van der Waals surface area contributed by atoms with Gasteiger partial charge in [0.2, 0.25) is 0 Å². The predicted molar refractivity (Wildman–Crippen MR) is 59.3 cm³/mol. The van der Waals surface area contributed by atoms with Crippen LogP contribution in [0.5, 0.6) is 0 Å². The molecule has 0 saturated heterocycles. The number of hydrogen-bond donors (Lipinski definition) is 0. The van der Waals surface area contributed by atoms with Gasteiger partial charge < -0.3 is 4.74 Å². The van der Waals surface area contributed by atoms with E-state index in [1.54, 1.807) is 7.11 Å². The average Bonchev–Trinajstić information content (AvgIpc) is 2.15. The summed E-state index contributed by atoms with van der Waals surface area (Å²) in [4.78, 5) is 0. The maximum atomic E-state index is 13.3. The quantitative estimate of drug-likeness (QED) is 0.581. The molecule has 2 atom stereocenters. The fraction of sp³-hybridized carbons (Fsp3) is 1.00. The van der Waals surface area contributed by atoms with Crippen molar-refractivity contribution in [3.63, 3.8) is 0 Å². The molecule has 0 aliphatic heterocycles. The number of unbranched alkanes of at least 4 members (excludes halogenated alkanes) is 1. The average molecular weight is 204 g/mol. The van der Waals surface area contributed by atoms with Crippen LogP contribution in [0.15, 0.2) is 0 Å². The van der Waals surface area contributed by atoms with Crippen LogP contribution >= 0.6 is 0 Å². The van der Waals surface area contributed by atoms with Crippen LogP contribution in [0.2, 0.25) is 0 Å². The lowest BCUT2D eigenvalue weighted by Crippen LogP contribution is -2.26. The van der Waals surface area contributed by atoms with Gasteiger partial charge >= 0.3 is 0 Å². The van der Waals surface area contributed by atoms with E-state index in [1.807, 2.05) is 6.92 Å². The number of rotatable bonds is 8. The summed E-state index contributed by atoms with van der Waals surface area (Å²) >= 11 is 0. The van der Waals surface area contributed by atoms with Crippen LogP contribution in [-0.2, 0) is 4.74 Å². The van der Waals surface area contributed by atoms with Gasteiger partial charge in [-0.05, 0) is 24.7 Å². The molecule has 0 aromatic heterocycles. The number of alkyl halides is 1. The first-order valence-corrected chi connectivity index (χ1v) is 5.71. The molecule has 86 valence electrons. The van der Waals surface area contributed by atoms with Crippen LogP contribution in [0.25, 0.3) is 0 Å². The Labute approximate surface area is 88.0 Å². The highest BCUT2D eigenvalue weighted by Gasteiger charge is 2.27. The predicted octanol–water partition coefficient (Wildman–Crippen LogP) is 3.97. The van der Waals surface area contributed by atoms with Gasteiger partial charge in [-0.2, -0.15) is 0 Å². The highest BCUT2D eigenvalue weighted by Crippen LogP contribution is 2.31. The lowest BCUT2D eigenvalue weighted by Gasteiger charge is -2.30. The maximum absolute atomic E-state index is 13.3. The molecular formula is C12H25FO. The van der Waals surface area contributed by atoms with Crippen LogP contribution < -0.4 is 0 Å². The molecule has 0 spiro atoms. The molecule has 0 saturated carbocycles. The van der Waals surface area contributed by atoms with Crippen molar-refractivity contribution < 1.29 is 9.13 Å². The Morgan fingerprint density at radius 2 is 2.00 bits per heavy atom. The summed E-state index contributed by atoms with van der Waals surface area (Å²) in [6.45, 7) is 6.87. The van der Waals surface area contributed by atoms with Crippen molar-refractivity contribution in [1.29, 1.82) is 0 Å². The van der Waals surface area contributed by atoms with Gasteiger partial charge in [0, 0.05) is 7.11 Å². The lowest BCUT2D eigenvalue weighted by molar-refractivity contribution is 0.0554. The van der Waals surface area contributed by atoms with E-state index >= 15 is 0 Å². The minimum atomic E-state index is -0.674. The Balaban J connectivity index is 4.07. The third-order valence-electron chi connectivity index (χ3n) is 2.78. The van der Waals surface area contributed by atoms with E-state index < -0.39 is 6.17 Å². The molecule has 0 aromatic carbocycles. The summed E-state index contributed by atoms with van der Waals surface area (Å²) in [6, 6.07) is 0. The van der Waals surface area contributed by atoms with Crippen LogP contribution in [0.4, 0.5) is 4.39 Å². The molecule has 14 heavy (non-hydrogen) atoms. The van der Waals surface area contributed by atoms with Gasteiger partial charge in [-0.15, -0.1) is 0 Å². The molecule has 0 rings (SSSR count). The number of ether oxygens (including phenoxy) is 1. The van der Waals surface area contributed by atoms with Crippen molar-refractivity contribution in [3.8, 4) is 0 Å². The highest BCUT2D eigenvalue weighted by molar-refractivity contribution is 4.77. The van der Waals surface area contributed by atoms with Crippen LogP contribution in [-0.4, -0.2) is 19.9 Å². The molecule has 0 amide bonds. The molecular weight excluding hydrogens is 179 g/mol. The van der Waals surface area contributed by atoms with Crippen molar-refractivity contribution in [3.05, 3.63) is 0 Å². The minimum Gasteiger partial charge on any atom is -0.384 e. The fourth-order valence-corrected chi connectivity index (χ4v) is 1.86. The molecule has 0 aromatic rings. The second-order valence-corrected chi connectivity index (χ2v) is 4.56. The van der Waals surface area contributed by atoms with Crippen molar-refractivity contribution in [2.75, 3.05) is 13.7 Å². The van der Waals surface area contributed by atoms with Gasteiger partial charge in [-0.1, -0.05) is 33.6 Å². The molecule has 0 bridgehead atoms. The molecule has 0 fully saturated rings. The largest absolute Gasteiger partial charge is 0.384 e. The lowest BCUT2D eigenvalue weighted by atomic mass is 9.80. The van der Waals surface area contributed by atoms with E-state index in [2.05, 4.69) is 13.8 Å². The van der Waals surface area contributed by atoms with Crippen molar-refractivity contribution in [2.45, 2.75) is 59.0 Å². The Hall–Kier alpha value is -0.110. The van der Waals surface area contributed by atoms with Gasteiger partial charge in [0.05, 0.1) is 6.61 Å². The molecule has 2 unspecified atom stereocenters. The van der Waals surface area contributed by atoms with Gasteiger partial charge in [0.15, 0.2) is 0 Å². The fourth-order valence-electron chi connectivity index (χ4n) is 1.86. The molecule has 0 radical (unpaired) electrons. The zero-order chi connectivity index (χ0) is 11.0. The summed E-state index contributed by atoms with van der Waals surface area (Å²) in [5, 5.41) is 0. The first kappa shape index (κ1) is 13.9. The summed E-state index contributed by atoms with van der Waals surface area (Å²) in [7, 11) is 1.70. The van der Waals surface area contributed by atoms with Gasteiger partial charge in [0.25, 0.3) is 0 Å². The third-order valence-corrected chi connectivity index (χ3v) is 2.78. The molecule has 2 heteroatoms. The first-order valence-electron chi connectivity index (χ1n) is 5.71. The molecule has 0 N–H and O–H groups in total. The van der Waals surface area contributed by atoms with Crippen LogP contribution in [0.1, 0.15) is 52.9 Å². The van der Waals surface area contributed by atoms with Crippen LogP contribution in [0.3, 0.4) is 0 Å². The van der Waals surface area contributed by atoms with E-state index in [4.69, 9.17) is 4.74 Å². The Morgan fingerprint density at radius 1 is 1.36 bits per heavy atom. The topological polar surface area (TPSA) is 9.23 Å². The second-order valence-electron chi connectivity index (χ2n) is 4.56. The first-order chi connectivity index (χ1) is 6.58. The molecule has 0 aliphatic carbocycles. The Morgan fingerprint density at radius 3 is 2.43 bits per heavy atom. The Bertz CT molecular complexity index is 138. The smallest absolute Gasteiger partial charge is 0.100 e. The normalized spacial score (nSPS) is 17.8. The summed E-state index contributed by atoms with van der Waals surface area (Å²) in [5.74, 6) is 0. The number of halogens is 1. The maximum Gasteiger partial charge on any atom is 0.100 e. The van der Waals surface area contributed by atoms with Crippen molar-refractivity contribution in [1.82, 2.24) is 0 Å².